The molecule has 53 heavy (non-hydrogen) atoms. The van der Waals surface area contributed by atoms with Crippen LogP contribution in [0.2, 0.25) is 0 Å². The Balaban J connectivity index is 0.000000178. The van der Waals surface area contributed by atoms with Gasteiger partial charge in [-0.1, -0.05) is 0 Å². The molecule has 0 aliphatic heterocycles. The van der Waals surface area contributed by atoms with E-state index in [0.29, 0.717) is 6.54 Å². The molecule has 6 aromatic heterocycles. The summed E-state index contributed by atoms with van der Waals surface area (Å²) < 4.78 is 140. The average Bonchev–Trinajstić information content (AvgIpc) is 3.81. The predicted molar refractivity (Wildman–Crippen MR) is 166 cm³/mol. The molecule has 1 atom stereocenters. The highest BCUT2D eigenvalue weighted by Gasteiger charge is 2.31. The minimum Gasteiger partial charge on any atom is -0.268 e. The molecule has 0 amide bonds. The van der Waals surface area contributed by atoms with Crippen LogP contribution in [0.3, 0.4) is 0 Å². The largest absolute Gasteiger partial charge is 0.394 e. The molecule has 20 heteroatoms. The molecule has 0 saturated heterocycles. The Kier molecular flexibility index (Phi) is 13.4. The molecule has 6 rings (SSSR count). The fourth-order valence-electron chi connectivity index (χ4n) is 4.45. The van der Waals surface area contributed by atoms with Crippen molar-refractivity contribution in [3.63, 3.8) is 0 Å². The number of hydrogen-bond donors (Lipinski definition) is 0. The molecule has 0 spiro atoms. The third-order valence-electron chi connectivity index (χ3n) is 6.68. The van der Waals surface area contributed by atoms with E-state index in [1.807, 2.05) is 0 Å². The molecule has 0 radical (unpaired) electrons. The Morgan fingerprint density at radius 2 is 0.981 bits per heavy atom. The molecule has 0 aromatic carbocycles. The third-order valence-corrected chi connectivity index (χ3v) is 6.68. The smallest absolute Gasteiger partial charge is 0.268 e. The number of pyridine rings is 3. The highest BCUT2D eigenvalue weighted by molar-refractivity contribution is 5.15. The van der Waals surface area contributed by atoms with Crippen LogP contribution < -0.4 is 0 Å². The molecule has 0 saturated carbocycles. The van der Waals surface area contributed by atoms with Crippen LogP contribution in [-0.4, -0.2) is 62.8 Å². The molecular formula is C33H28F11N9. The van der Waals surface area contributed by atoms with Gasteiger partial charge in [0.2, 0.25) is 6.30 Å². The van der Waals surface area contributed by atoms with E-state index in [9.17, 15) is 48.3 Å². The normalized spacial score (nSPS) is 12.4. The number of aromatic nitrogens is 9. The molecular weight excluding hydrogens is 731 g/mol. The summed E-state index contributed by atoms with van der Waals surface area (Å²) in [6, 6.07) is 12.4. The Morgan fingerprint density at radius 3 is 1.49 bits per heavy atom. The fourth-order valence-corrected chi connectivity index (χ4v) is 4.45. The van der Waals surface area contributed by atoms with Crippen LogP contribution in [0.5, 0.6) is 0 Å². The van der Waals surface area contributed by atoms with E-state index in [4.69, 9.17) is 0 Å². The fraction of sp³-hybridized carbons (Fsp3) is 0.273. The standard InChI is InChI=1S/2C11H9F4N3.C11H10F3N3/c12-10(8-1-4-16-5-2-8)18-6-3-9(17-18)7-11(13,14)15;12-9-7-18(6-8-1-3-16-4-2-8)17-10(9)5-11(13,14)15;12-11(13,14)7-10-3-6-17(16-10)8-9-1-4-15-5-2-9/h1-6,10H,7H2;1-4,7H,5-6H2;1-6H,7-8H2. The molecule has 6 heterocycles. The van der Waals surface area contributed by atoms with Gasteiger partial charge < -0.3 is 0 Å². The van der Waals surface area contributed by atoms with Gasteiger partial charge in [-0.25, -0.2) is 13.5 Å². The lowest BCUT2D eigenvalue weighted by atomic mass is 10.2. The van der Waals surface area contributed by atoms with Gasteiger partial charge in [0.05, 0.1) is 49.9 Å². The minimum absolute atomic E-state index is 0.0338. The molecule has 0 aliphatic rings. The Morgan fingerprint density at radius 1 is 0.528 bits per heavy atom. The summed E-state index contributed by atoms with van der Waals surface area (Å²) in [5, 5.41) is 11.0. The maximum atomic E-state index is 13.9. The summed E-state index contributed by atoms with van der Waals surface area (Å²) in [7, 11) is 0. The Hall–Kier alpha value is -5.69. The van der Waals surface area contributed by atoms with Crippen molar-refractivity contribution >= 4 is 0 Å². The Bertz CT molecular complexity index is 1950. The zero-order valence-electron chi connectivity index (χ0n) is 27.1. The van der Waals surface area contributed by atoms with Gasteiger partial charge in [-0.15, -0.1) is 0 Å². The number of rotatable bonds is 9. The van der Waals surface area contributed by atoms with E-state index in [1.54, 1.807) is 55.2 Å². The molecule has 0 N–H and O–H groups in total. The van der Waals surface area contributed by atoms with Crippen molar-refractivity contribution in [2.24, 2.45) is 0 Å². The molecule has 6 aromatic rings. The summed E-state index contributed by atoms with van der Waals surface area (Å²) in [5.41, 5.74) is 1.25. The summed E-state index contributed by atoms with van der Waals surface area (Å²) in [6.07, 6.45) is -5.28. The van der Waals surface area contributed by atoms with Gasteiger partial charge in [0.15, 0.2) is 5.82 Å². The van der Waals surface area contributed by atoms with E-state index in [0.717, 1.165) is 32.8 Å². The summed E-state index contributed by atoms with van der Waals surface area (Å²) >= 11 is 0. The second-order valence-corrected chi connectivity index (χ2v) is 11.1. The average molecular weight is 760 g/mol. The van der Waals surface area contributed by atoms with Crippen molar-refractivity contribution in [2.45, 2.75) is 57.2 Å². The van der Waals surface area contributed by atoms with E-state index < -0.39 is 55.6 Å². The lowest BCUT2D eigenvalue weighted by Gasteiger charge is -2.08. The van der Waals surface area contributed by atoms with E-state index >= 15 is 0 Å². The summed E-state index contributed by atoms with van der Waals surface area (Å²) in [6.45, 7) is 0.650. The zero-order chi connectivity index (χ0) is 38.6. The number of halogens is 11. The van der Waals surface area contributed by atoms with Crippen molar-refractivity contribution in [3.8, 4) is 0 Å². The number of hydrogen-bond acceptors (Lipinski definition) is 6. The van der Waals surface area contributed by atoms with Crippen LogP contribution >= 0.6 is 0 Å². The van der Waals surface area contributed by atoms with Crippen LogP contribution in [0.25, 0.3) is 0 Å². The first-order valence-corrected chi connectivity index (χ1v) is 15.2. The number of alkyl halides is 10. The molecule has 0 aliphatic carbocycles. The zero-order valence-corrected chi connectivity index (χ0v) is 27.1. The maximum absolute atomic E-state index is 13.9. The van der Waals surface area contributed by atoms with Gasteiger partial charge in [-0.05, 0) is 59.7 Å². The number of nitrogens with zero attached hydrogens (tertiary/aromatic N) is 9. The van der Waals surface area contributed by atoms with Crippen molar-refractivity contribution in [3.05, 3.63) is 144 Å². The van der Waals surface area contributed by atoms with Crippen LogP contribution in [0.15, 0.2) is 104 Å². The van der Waals surface area contributed by atoms with Crippen molar-refractivity contribution in [2.75, 3.05) is 0 Å². The van der Waals surface area contributed by atoms with Crippen molar-refractivity contribution < 1.29 is 48.3 Å². The van der Waals surface area contributed by atoms with Gasteiger partial charge in [0.25, 0.3) is 0 Å². The topological polar surface area (TPSA) is 92.1 Å². The molecule has 0 bridgehead atoms. The van der Waals surface area contributed by atoms with Gasteiger partial charge in [-0.2, -0.15) is 54.8 Å². The minimum atomic E-state index is -4.46. The maximum Gasteiger partial charge on any atom is 0.394 e. The first kappa shape index (κ1) is 40.1. The van der Waals surface area contributed by atoms with Gasteiger partial charge in [0.1, 0.15) is 5.69 Å². The quantitative estimate of drug-likeness (QED) is 0.139. The van der Waals surface area contributed by atoms with Crippen LogP contribution in [-0.2, 0) is 32.4 Å². The van der Waals surface area contributed by atoms with Gasteiger partial charge in [0, 0.05) is 55.1 Å². The van der Waals surface area contributed by atoms with Crippen LogP contribution in [0, 0.1) is 5.82 Å². The molecule has 9 nitrogen and oxygen atoms in total. The molecule has 1 unspecified atom stereocenters. The molecule has 0 fully saturated rings. The summed E-state index contributed by atoms with van der Waals surface area (Å²) in [4.78, 5) is 11.4. The SMILES string of the molecule is FC(F)(F)Cc1ccn(Cc2ccncc2)n1.FC(c1ccncc1)n1ccc(CC(F)(F)F)n1.Fc1cn(Cc2ccncc2)nc1CC(F)(F)F. The third kappa shape index (κ3) is 14.5. The highest BCUT2D eigenvalue weighted by Crippen LogP contribution is 2.24. The second kappa shape index (κ2) is 17.7. The van der Waals surface area contributed by atoms with E-state index in [2.05, 4.69) is 30.2 Å². The molecule has 282 valence electrons. The summed E-state index contributed by atoms with van der Waals surface area (Å²) in [5.74, 6) is -0.943. The first-order valence-electron chi connectivity index (χ1n) is 15.2. The van der Waals surface area contributed by atoms with Crippen molar-refractivity contribution in [1.82, 2.24) is 44.3 Å². The lowest BCUT2D eigenvalue weighted by molar-refractivity contribution is -0.129. The lowest BCUT2D eigenvalue weighted by Crippen LogP contribution is -2.13. The van der Waals surface area contributed by atoms with Crippen molar-refractivity contribution in [1.29, 1.82) is 0 Å². The first-order chi connectivity index (χ1) is 24.9. The van der Waals surface area contributed by atoms with E-state index in [1.165, 1.54) is 41.5 Å². The van der Waals surface area contributed by atoms with Crippen LogP contribution in [0.4, 0.5) is 48.3 Å². The highest BCUT2D eigenvalue weighted by atomic mass is 19.4. The monoisotopic (exact) mass is 759 g/mol. The van der Waals surface area contributed by atoms with Gasteiger partial charge >= 0.3 is 18.5 Å². The Labute approximate surface area is 293 Å². The predicted octanol–water partition coefficient (Wildman–Crippen LogP) is 7.90. The van der Waals surface area contributed by atoms with Crippen LogP contribution in [0.1, 0.15) is 40.1 Å². The van der Waals surface area contributed by atoms with Gasteiger partial charge in [-0.3, -0.25) is 24.3 Å². The van der Waals surface area contributed by atoms with E-state index in [-0.39, 0.29) is 23.5 Å². The second-order valence-electron chi connectivity index (χ2n) is 11.1.